The van der Waals surface area contributed by atoms with Crippen LogP contribution in [0.15, 0.2) is 0 Å². The second kappa shape index (κ2) is 7.41. The smallest absolute Gasteiger partial charge is 0.234 e. The first-order chi connectivity index (χ1) is 9.56. The molecular formula is C16H31N3O. The molecule has 2 atom stereocenters. The SMILES string of the molecule is CC(C)C(C)NC(=O)CN1CCCCC1CNC1CC1. The average molecular weight is 281 g/mol. The standard InChI is InChI=1S/C16H31N3O/c1-12(2)13(3)18-16(20)11-19-9-5-4-6-15(19)10-17-14-7-8-14/h12-15,17H,4-11H2,1-3H3,(H,18,20). The summed E-state index contributed by atoms with van der Waals surface area (Å²) in [6.45, 7) is 9.07. The van der Waals surface area contributed by atoms with Crippen LogP contribution in [0.25, 0.3) is 0 Å². The third kappa shape index (κ3) is 5.06. The van der Waals surface area contributed by atoms with Crippen molar-refractivity contribution in [3.63, 3.8) is 0 Å². The van der Waals surface area contributed by atoms with E-state index in [4.69, 9.17) is 0 Å². The number of carbonyl (C=O) groups excluding carboxylic acids is 1. The van der Waals surface area contributed by atoms with E-state index < -0.39 is 0 Å². The van der Waals surface area contributed by atoms with E-state index in [-0.39, 0.29) is 11.9 Å². The molecule has 2 rings (SSSR count). The third-order valence-corrected chi connectivity index (χ3v) is 4.70. The number of nitrogens with zero attached hydrogens (tertiary/aromatic N) is 1. The highest BCUT2D eigenvalue weighted by Crippen LogP contribution is 2.21. The monoisotopic (exact) mass is 281 g/mol. The Balaban J connectivity index is 1.76. The first-order valence-corrected chi connectivity index (χ1v) is 8.33. The van der Waals surface area contributed by atoms with Crippen LogP contribution >= 0.6 is 0 Å². The van der Waals surface area contributed by atoms with Gasteiger partial charge in [0.25, 0.3) is 0 Å². The van der Waals surface area contributed by atoms with E-state index in [1.54, 1.807) is 0 Å². The van der Waals surface area contributed by atoms with Gasteiger partial charge in [-0.2, -0.15) is 0 Å². The van der Waals surface area contributed by atoms with Crippen LogP contribution in [0.5, 0.6) is 0 Å². The van der Waals surface area contributed by atoms with Gasteiger partial charge in [-0.1, -0.05) is 20.3 Å². The number of hydrogen-bond donors (Lipinski definition) is 2. The minimum absolute atomic E-state index is 0.185. The van der Waals surface area contributed by atoms with Gasteiger partial charge in [-0.15, -0.1) is 0 Å². The van der Waals surface area contributed by atoms with E-state index in [1.165, 1.54) is 32.1 Å². The molecule has 1 saturated heterocycles. The van der Waals surface area contributed by atoms with Gasteiger partial charge in [0.2, 0.25) is 5.91 Å². The Morgan fingerprint density at radius 2 is 1.95 bits per heavy atom. The van der Waals surface area contributed by atoms with Crippen LogP contribution in [0.3, 0.4) is 0 Å². The predicted molar refractivity (Wildman–Crippen MR) is 82.7 cm³/mol. The minimum atomic E-state index is 0.185. The Morgan fingerprint density at radius 3 is 2.60 bits per heavy atom. The maximum Gasteiger partial charge on any atom is 0.234 e. The Morgan fingerprint density at radius 1 is 1.20 bits per heavy atom. The van der Waals surface area contributed by atoms with Crippen molar-refractivity contribution in [1.82, 2.24) is 15.5 Å². The van der Waals surface area contributed by atoms with E-state index in [9.17, 15) is 4.79 Å². The Bertz CT molecular complexity index is 315. The molecule has 116 valence electrons. The zero-order valence-corrected chi connectivity index (χ0v) is 13.3. The summed E-state index contributed by atoms with van der Waals surface area (Å²) in [4.78, 5) is 14.5. The topological polar surface area (TPSA) is 44.4 Å². The van der Waals surface area contributed by atoms with E-state index in [0.717, 1.165) is 19.1 Å². The second-order valence-corrected chi connectivity index (χ2v) is 6.90. The maximum absolute atomic E-state index is 12.1. The summed E-state index contributed by atoms with van der Waals surface area (Å²) >= 11 is 0. The Labute approximate surface area is 123 Å². The molecule has 2 unspecified atom stereocenters. The van der Waals surface area contributed by atoms with Crippen LogP contribution in [-0.4, -0.2) is 48.6 Å². The lowest BCUT2D eigenvalue weighted by atomic mass is 10.0. The number of amides is 1. The largest absolute Gasteiger partial charge is 0.352 e. The number of rotatable bonds is 7. The molecule has 1 amide bonds. The first kappa shape index (κ1) is 15.8. The molecule has 1 aliphatic heterocycles. The molecule has 0 radical (unpaired) electrons. The van der Waals surface area contributed by atoms with E-state index in [1.807, 2.05) is 0 Å². The Hall–Kier alpha value is -0.610. The van der Waals surface area contributed by atoms with Crippen molar-refractivity contribution in [2.45, 2.75) is 71.0 Å². The number of carbonyl (C=O) groups is 1. The normalized spacial score (nSPS) is 25.7. The van der Waals surface area contributed by atoms with Crippen molar-refractivity contribution in [1.29, 1.82) is 0 Å². The maximum atomic E-state index is 12.1. The molecule has 4 heteroatoms. The van der Waals surface area contributed by atoms with Crippen LogP contribution in [0.2, 0.25) is 0 Å². The molecule has 0 aromatic carbocycles. The zero-order valence-electron chi connectivity index (χ0n) is 13.3. The van der Waals surface area contributed by atoms with Gasteiger partial charge < -0.3 is 10.6 Å². The second-order valence-electron chi connectivity index (χ2n) is 6.90. The van der Waals surface area contributed by atoms with Gasteiger partial charge in [0.1, 0.15) is 0 Å². The van der Waals surface area contributed by atoms with Crippen LogP contribution < -0.4 is 10.6 Å². The molecule has 2 aliphatic rings. The van der Waals surface area contributed by atoms with Crippen molar-refractivity contribution < 1.29 is 4.79 Å². The fraction of sp³-hybridized carbons (Fsp3) is 0.938. The van der Waals surface area contributed by atoms with Crippen molar-refractivity contribution in [2.75, 3.05) is 19.6 Å². The number of piperidine rings is 1. The highest BCUT2D eigenvalue weighted by molar-refractivity contribution is 5.78. The molecule has 1 saturated carbocycles. The van der Waals surface area contributed by atoms with E-state index >= 15 is 0 Å². The minimum Gasteiger partial charge on any atom is -0.352 e. The first-order valence-electron chi connectivity index (χ1n) is 8.33. The Kier molecular flexibility index (Phi) is 5.85. The zero-order chi connectivity index (χ0) is 14.5. The molecule has 1 aliphatic carbocycles. The van der Waals surface area contributed by atoms with Gasteiger partial charge in [-0.05, 0) is 45.1 Å². The van der Waals surface area contributed by atoms with Crippen LogP contribution in [0.4, 0.5) is 0 Å². The van der Waals surface area contributed by atoms with Crippen LogP contribution in [-0.2, 0) is 4.79 Å². The number of nitrogens with one attached hydrogen (secondary N) is 2. The lowest BCUT2D eigenvalue weighted by Crippen LogP contribution is -2.51. The third-order valence-electron chi connectivity index (χ3n) is 4.70. The predicted octanol–water partition coefficient (Wildman–Crippen LogP) is 1.75. The number of likely N-dealkylation sites (tertiary alicyclic amines) is 1. The fourth-order valence-electron chi connectivity index (χ4n) is 2.74. The molecular weight excluding hydrogens is 250 g/mol. The molecule has 2 N–H and O–H groups in total. The fourth-order valence-corrected chi connectivity index (χ4v) is 2.74. The summed E-state index contributed by atoms with van der Waals surface area (Å²) in [6.07, 6.45) is 6.43. The quantitative estimate of drug-likeness (QED) is 0.747. The molecule has 4 nitrogen and oxygen atoms in total. The van der Waals surface area contributed by atoms with Gasteiger partial charge in [0, 0.05) is 24.7 Å². The van der Waals surface area contributed by atoms with Gasteiger partial charge >= 0.3 is 0 Å². The summed E-state index contributed by atoms with van der Waals surface area (Å²) in [5.41, 5.74) is 0. The summed E-state index contributed by atoms with van der Waals surface area (Å²) in [6, 6.07) is 1.56. The number of hydrogen-bond acceptors (Lipinski definition) is 3. The molecule has 2 fully saturated rings. The molecule has 0 spiro atoms. The van der Waals surface area contributed by atoms with Crippen molar-refractivity contribution in [3.05, 3.63) is 0 Å². The molecule has 20 heavy (non-hydrogen) atoms. The average Bonchev–Trinajstić information content (AvgIpc) is 3.21. The summed E-state index contributed by atoms with van der Waals surface area (Å²) in [5, 5.41) is 6.74. The van der Waals surface area contributed by atoms with Crippen molar-refractivity contribution in [3.8, 4) is 0 Å². The van der Waals surface area contributed by atoms with Gasteiger partial charge in [-0.3, -0.25) is 9.69 Å². The van der Waals surface area contributed by atoms with Crippen molar-refractivity contribution >= 4 is 5.91 Å². The highest BCUT2D eigenvalue weighted by Gasteiger charge is 2.27. The van der Waals surface area contributed by atoms with Gasteiger partial charge in [0.05, 0.1) is 6.54 Å². The molecule has 0 aromatic rings. The van der Waals surface area contributed by atoms with Gasteiger partial charge in [0.15, 0.2) is 0 Å². The van der Waals surface area contributed by atoms with Gasteiger partial charge in [-0.25, -0.2) is 0 Å². The molecule has 0 bridgehead atoms. The van der Waals surface area contributed by atoms with E-state index in [0.29, 0.717) is 18.5 Å². The molecule has 1 heterocycles. The van der Waals surface area contributed by atoms with Crippen LogP contribution in [0, 0.1) is 5.92 Å². The van der Waals surface area contributed by atoms with Crippen LogP contribution in [0.1, 0.15) is 52.9 Å². The summed E-state index contributed by atoms with van der Waals surface area (Å²) in [5.74, 6) is 0.678. The summed E-state index contributed by atoms with van der Waals surface area (Å²) < 4.78 is 0. The van der Waals surface area contributed by atoms with E-state index in [2.05, 4.69) is 36.3 Å². The van der Waals surface area contributed by atoms with Crippen molar-refractivity contribution in [2.24, 2.45) is 5.92 Å². The lowest BCUT2D eigenvalue weighted by Gasteiger charge is -2.35. The highest BCUT2D eigenvalue weighted by atomic mass is 16.2. The summed E-state index contributed by atoms with van der Waals surface area (Å²) in [7, 11) is 0. The lowest BCUT2D eigenvalue weighted by molar-refractivity contribution is -0.124. The molecule has 0 aromatic heterocycles.